The molecule has 0 fully saturated rings. The molecule has 0 spiro atoms. The van der Waals surface area contributed by atoms with Gasteiger partial charge >= 0.3 is 0 Å². The van der Waals surface area contributed by atoms with Crippen LogP contribution in [0.3, 0.4) is 0 Å². The zero-order valence-electron chi connectivity index (χ0n) is 8.77. The van der Waals surface area contributed by atoms with Crippen molar-refractivity contribution < 1.29 is 14.7 Å². The summed E-state index contributed by atoms with van der Waals surface area (Å²) in [6, 6.07) is 5.61. The fourth-order valence-corrected chi connectivity index (χ4v) is 1.71. The Bertz CT molecular complexity index is 426. The number of hydrogen-bond donors (Lipinski definition) is 2. The lowest BCUT2D eigenvalue weighted by Crippen LogP contribution is -2.25. The van der Waals surface area contributed by atoms with Gasteiger partial charge in [0.25, 0.3) is 5.91 Å². The summed E-state index contributed by atoms with van der Waals surface area (Å²) < 4.78 is 0. The van der Waals surface area contributed by atoms with Crippen molar-refractivity contribution in [3.8, 4) is 0 Å². The van der Waals surface area contributed by atoms with E-state index in [1.807, 2.05) is 24.3 Å². The number of aliphatic hydroxyl groups excluding tert-OH is 1. The molecule has 0 heterocycles. The van der Waals surface area contributed by atoms with Crippen LogP contribution in [0.15, 0.2) is 24.3 Å². The van der Waals surface area contributed by atoms with Gasteiger partial charge in [-0.15, -0.1) is 0 Å². The molecule has 16 heavy (non-hydrogen) atoms. The highest BCUT2D eigenvalue weighted by Gasteiger charge is 2.14. The Labute approximate surface area is 93.5 Å². The van der Waals surface area contributed by atoms with Gasteiger partial charge in [0.05, 0.1) is 13.2 Å². The van der Waals surface area contributed by atoms with Crippen LogP contribution in [0.1, 0.15) is 21.5 Å². The summed E-state index contributed by atoms with van der Waals surface area (Å²) in [7, 11) is 0. The summed E-state index contributed by atoms with van der Waals surface area (Å²) in [6.45, 7) is -0.0241. The average molecular weight is 219 g/mol. The normalized spacial score (nSPS) is 12.6. The molecule has 2 N–H and O–H groups in total. The molecule has 0 saturated carbocycles. The Hall–Kier alpha value is -1.65. The highest BCUT2D eigenvalue weighted by Crippen LogP contribution is 2.22. The quantitative estimate of drug-likeness (QED) is 0.584. The van der Waals surface area contributed by atoms with Crippen molar-refractivity contribution >= 4 is 12.0 Å². The van der Waals surface area contributed by atoms with E-state index in [1.54, 1.807) is 6.07 Å². The highest BCUT2D eigenvalue weighted by molar-refractivity contribution is 5.98. The average Bonchev–Trinajstić information content (AvgIpc) is 2.76. The number of benzene rings is 1. The van der Waals surface area contributed by atoms with Crippen molar-refractivity contribution in [2.45, 2.75) is 6.42 Å². The fraction of sp³-hybridized carbons (Fsp3) is 0.250. The minimum absolute atomic E-state index is 0.0939. The van der Waals surface area contributed by atoms with Gasteiger partial charge in [-0.05, 0) is 23.6 Å². The van der Waals surface area contributed by atoms with E-state index in [2.05, 4.69) is 5.48 Å². The lowest BCUT2D eigenvalue weighted by molar-refractivity contribution is 0.0168. The molecule has 0 radical (unpaired) electrons. The summed E-state index contributed by atoms with van der Waals surface area (Å²) in [5.74, 6) is -0.281. The van der Waals surface area contributed by atoms with E-state index in [0.29, 0.717) is 5.56 Å². The lowest BCUT2D eigenvalue weighted by atomic mass is 10.0. The summed E-state index contributed by atoms with van der Waals surface area (Å²) >= 11 is 0. The van der Waals surface area contributed by atoms with Crippen LogP contribution in [0.2, 0.25) is 0 Å². The molecule has 1 amide bonds. The number of carbonyl (C=O) groups is 1. The number of rotatable bonds is 4. The molecule has 2 rings (SSSR count). The van der Waals surface area contributed by atoms with Gasteiger partial charge in [-0.25, -0.2) is 5.48 Å². The Morgan fingerprint density at radius 1 is 1.50 bits per heavy atom. The number of aliphatic hydroxyl groups is 1. The van der Waals surface area contributed by atoms with Crippen molar-refractivity contribution in [1.29, 1.82) is 0 Å². The van der Waals surface area contributed by atoms with Crippen molar-refractivity contribution in [2.24, 2.45) is 0 Å². The van der Waals surface area contributed by atoms with Crippen molar-refractivity contribution in [3.63, 3.8) is 0 Å². The first-order valence-corrected chi connectivity index (χ1v) is 5.14. The second-order valence-electron chi connectivity index (χ2n) is 3.49. The SMILES string of the molecule is O=C(NOCCO)c1cccc2c1C=CC2. The van der Waals surface area contributed by atoms with E-state index < -0.39 is 0 Å². The van der Waals surface area contributed by atoms with Gasteiger partial charge < -0.3 is 5.11 Å². The fourth-order valence-electron chi connectivity index (χ4n) is 1.71. The van der Waals surface area contributed by atoms with Gasteiger partial charge in [0.15, 0.2) is 0 Å². The first-order valence-electron chi connectivity index (χ1n) is 5.14. The van der Waals surface area contributed by atoms with E-state index >= 15 is 0 Å². The zero-order chi connectivity index (χ0) is 11.4. The topological polar surface area (TPSA) is 58.6 Å². The number of allylic oxidation sites excluding steroid dienone is 1. The van der Waals surface area contributed by atoms with Gasteiger partial charge in [0.2, 0.25) is 0 Å². The zero-order valence-corrected chi connectivity index (χ0v) is 8.77. The van der Waals surface area contributed by atoms with Crippen LogP contribution in [-0.4, -0.2) is 24.2 Å². The third-order valence-corrected chi connectivity index (χ3v) is 2.42. The maximum atomic E-state index is 11.7. The Kier molecular flexibility index (Phi) is 3.34. The number of nitrogens with one attached hydrogen (secondary N) is 1. The largest absolute Gasteiger partial charge is 0.394 e. The van der Waals surface area contributed by atoms with E-state index in [0.717, 1.165) is 17.5 Å². The number of hydrogen-bond acceptors (Lipinski definition) is 3. The Balaban J connectivity index is 2.12. The molecule has 1 aromatic carbocycles. The number of amides is 1. The van der Waals surface area contributed by atoms with Gasteiger partial charge in [-0.3, -0.25) is 9.63 Å². The van der Waals surface area contributed by atoms with Crippen LogP contribution < -0.4 is 5.48 Å². The van der Waals surface area contributed by atoms with Crippen molar-refractivity contribution in [1.82, 2.24) is 5.48 Å². The molecule has 0 bridgehead atoms. The molecule has 4 heteroatoms. The molecule has 1 aromatic rings. The number of hydroxylamine groups is 1. The summed E-state index contributed by atoms with van der Waals surface area (Å²) in [6.07, 6.45) is 4.83. The molecule has 1 aliphatic rings. The second kappa shape index (κ2) is 4.92. The molecule has 1 aliphatic carbocycles. The summed E-state index contributed by atoms with van der Waals surface area (Å²) in [5, 5.41) is 8.52. The first kappa shape index (κ1) is 10.9. The standard InChI is InChI=1S/C12H13NO3/c14-7-8-16-13-12(15)11-6-2-4-9-3-1-5-10(9)11/h1-2,4-6,14H,3,7-8H2,(H,13,15). The summed E-state index contributed by atoms with van der Waals surface area (Å²) in [4.78, 5) is 16.5. The van der Waals surface area contributed by atoms with E-state index in [1.165, 1.54) is 0 Å². The van der Waals surface area contributed by atoms with Crippen molar-refractivity contribution in [2.75, 3.05) is 13.2 Å². The number of carbonyl (C=O) groups excluding carboxylic acids is 1. The van der Waals surface area contributed by atoms with Crippen LogP contribution >= 0.6 is 0 Å². The molecular weight excluding hydrogens is 206 g/mol. The molecule has 0 aliphatic heterocycles. The molecule has 84 valence electrons. The molecule has 0 unspecified atom stereocenters. The van der Waals surface area contributed by atoms with Crippen molar-refractivity contribution in [3.05, 3.63) is 41.0 Å². The molecule has 0 aromatic heterocycles. The maximum Gasteiger partial charge on any atom is 0.275 e. The van der Waals surface area contributed by atoms with Crippen LogP contribution in [0.25, 0.3) is 6.08 Å². The Morgan fingerprint density at radius 2 is 2.38 bits per heavy atom. The maximum absolute atomic E-state index is 11.7. The molecule has 4 nitrogen and oxygen atoms in total. The van der Waals surface area contributed by atoms with Gasteiger partial charge in [0.1, 0.15) is 0 Å². The molecule has 0 atom stereocenters. The van der Waals surface area contributed by atoms with Crippen LogP contribution in [-0.2, 0) is 11.3 Å². The van der Waals surface area contributed by atoms with Crippen LogP contribution in [0.4, 0.5) is 0 Å². The summed E-state index contributed by atoms with van der Waals surface area (Å²) in [5.41, 5.74) is 5.00. The minimum atomic E-state index is -0.281. The van der Waals surface area contributed by atoms with E-state index in [9.17, 15) is 4.79 Å². The predicted octanol–water partition coefficient (Wildman–Crippen LogP) is 0.910. The van der Waals surface area contributed by atoms with Crippen LogP contribution in [0.5, 0.6) is 0 Å². The van der Waals surface area contributed by atoms with Crippen LogP contribution in [0, 0.1) is 0 Å². The molecular formula is C12H13NO3. The monoisotopic (exact) mass is 219 g/mol. The number of fused-ring (bicyclic) bond motifs is 1. The predicted molar refractivity (Wildman–Crippen MR) is 59.7 cm³/mol. The Morgan fingerprint density at radius 3 is 3.19 bits per heavy atom. The third-order valence-electron chi connectivity index (χ3n) is 2.42. The second-order valence-corrected chi connectivity index (χ2v) is 3.49. The van der Waals surface area contributed by atoms with Gasteiger partial charge in [-0.1, -0.05) is 24.3 Å². The lowest BCUT2D eigenvalue weighted by Gasteiger charge is -2.08. The van der Waals surface area contributed by atoms with E-state index in [4.69, 9.17) is 9.94 Å². The minimum Gasteiger partial charge on any atom is -0.394 e. The molecule has 0 saturated heterocycles. The van der Waals surface area contributed by atoms with E-state index in [-0.39, 0.29) is 19.1 Å². The van der Waals surface area contributed by atoms with Gasteiger partial charge in [0, 0.05) is 5.56 Å². The third kappa shape index (κ3) is 2.13. The van der Waals surface area contributed by atoms with Gasteiger partial charge in [-0.2, -0.15) is 0 Å². The smallest absolute Gasteiger partial charge is 0.275 e. The highest BCUT2D eigenvalue weighted by atomic mass is 16.7. The first-order chi connectivity index (χ1) is 7.83.